The maximum atomic E-state index is 13.5. The van der Waals surface area contributed by atoms with Crippen molar-refractivity contribution in [1.82, 2.24) is 9.71 Å². The summed E-state index contributed by atoms with van der Waals surface area (Å²) < 4.78 is 33.5. The summed E-state index contributed by atoms with van der Waals surface area (Å²) in [7, 11) is -2.64. The third-order valence-corrected chi connectivity index (χ3v) is 7.91. The fourth-order valence-electron chi connectivity index (χ4n) is 4.25. The molecule has 0 saturated heterocycles. The molecule has 2 aromatic carbocycles. The normalized spacial score (nSPS) is 16.7. The van der Waals surface area contributed by atoms with Gasteiger partial charge in [-0.05, 0) is 51.1 Å². The van der Waals surface area contributed by atoms with Gasteiger partial charge in [-0.3, -0.25) is 14.6 Å². The average molecular weight is 576 g/mol. The molecule has 0 fully saturated rings. The Kier molecular flexibility index (Phi) is 8.23. The van der Waals surface area contributed by atoms with Crippen LogP contribution in [0.2, 0.25) is 0 Å². The van der Waals surface area contributed by atoms with E-state index in [0.717, 1.165) is 0 Å². The summed E-state index contributed by atoms with van der Waals surface area (Å²) in [6.07, 6.45) is 0.935. The molecule has 0 saturated carbocycles. The number of aromatic nitrogens is 1. The summed E-state index contributed by atoms with van der Waals surface area (Å²) in [5.74, 6) is -1.32. The average Bonchev–Trinajstić information content (AvgIpc) is 3.37. The number of anilines is 1. The van der Waals surface area contributed by atoms with Crippen LogP contribution < -0.4 is 10.0 Å². The van der Waals surface area contributed by atoms with E-state index in [-0.39, 0.29) is 11.3 Å². The van der Waals surface area contributed by atoms with Gasteiger partial charge >= 0.3 is 5.97 Å². The first-order valence-electron chi connectivity index (χ1n) is 12.6. The van der Waals surface area contributed by atoms with Crippen LogP contribution in [0.25, 0.3) is 11.3 Å². The number of hydrogen-bond donors (Lipinski definition) is 2. The summed E-state index contributed by atoms with van der Waals surface area (Å²) in [5.41, 5.74) is 0.0829. The Morgan fingerprint density at radius 1 is 1.12 bits per heavy atom. The van der Waals surface area contributed by atoms with Crippen molar-refractivity contribution in [2.24, 2.45) is 5.16 Å². The van der Waals surface area contributed by atoms with Crippen LogP contribution in [-0.2, 0) is 29.2 Å². The van der Waals surface area contributed by atoms with Gasteiger partial charge in [-0.1, -0.05) is 35.5 Å². The zero-order valence-corrected chi connectivity index (χ0v) is 23.8. The number of nitrogens with one attached hydrogen (secondary N) is 2. The van der Waals surface area contributed by atoms with Crippen molar-refractivity contribution in [3.63, 3.8) is 0 Å². The van der Waals surface area contributed by atoms with Crippen LogP contribution in [0.4, 0.5) is 5.69 Å². The number of carbonyl (C=O) groups excluding carboxylic acids is 2. The molecule has 212 valence electrons. The monoisotopic (exact) mass is 575 g/mol. The van der Waals surface area contributed by atoms with Crippen LogP contribution in [0.1, 0.15) is 44.7 Å². The van der Waals surface area contributed by atoms with Crippen LogP contribution in [0.5, 0.6) is 0 Å². The second-order valence-corrected chi connectivity index (χ2v) is 12.1. The molecule has 0 aliphatic carbocycles. The second kappa shape index (κ2) is 11.5. The molecular formula is C29H29N5O6S. The van der Waals surface area contributed by atoms with E-state index in [4.69, 9.17) is 9.57 Å². The van der Waals surface area contributed by atoms with Crippen molar-refractivity contribution in [2.75, 3.05) is 12.4 Å². The van der Waals surface area contributed by atoms with Gasteiger partial charge in [0, 0.05) is 23.1 Å². The van der Waals surface area contributed by atoms with Gasteiger partial charge in [-0.25, -0.2) is 13.1 Å². The van der Waals surface area contributed by atoms with E-state index < -0.39 is 39.5 Å². The molecule has 2 N–H and O–H groups in total. The molecular weight excluding hydrogens is 546 g/mol. The predicted octanol–water partition coefficient (Wildman–Crippen LogP) is 3.76. The Morgan fingerprint density at radius 3 is 2.54 bits per heavy atom. The summed E-state index contributed by atoms with van der Waals surface area (Å²) in [6.45, 7) is 5.25. The number of carbonyl (C=O) groups is 2. The molecule has 3 aromatic rings. The largest absolute Gasteiger partial charge is 0.469 e. The first-order valence-corrected chi connectivity index (χ1v) is 14.1. The van der Waals surface area contributed by atoms with E-state index in [1.165, 1.54) is 19.4 Å². The third kappa shape index (κ3) is 6.77. The topological polar surface area (TPSA) is 160 Å². The van der Waals surface area contributed by atoms with E-state index in [2.05, 4.69) is 26.2 Å². The Bertz CT molecular complexity index is 1660. The fourth-order valence-corrected chi connectivity index (χ4v) is 5.88. The summed E-state index contributed by atoms with van der Waals surface area (Å²) >= 11 is 0. The molecule has 41 heavy (non-hydrogen) atoms. The van der Waals surface area contributed by atoms with Gasteiger partial charge in [-0.2, -0.15) is 5.26 Å². The molecule has 1 aromatic heterocycles. The molecule has 0 spiro atoms. The minimum absolute atomic E-state index is 0.0413. The maximum absolute atomic E-state index is 13.5. The summed E-state index contributed by atoms with van der Waals surface area (Å²) in [6, 6.07) is 18.4. The minimum Gasteiger partial charge on any atom is -0.469 e. The fraction of sp³-hybridized carbons (Fsp3) is 0.276. The quantitative estimate of drug-likeness (QED) is 0.384. The molecule has 4 rings (SSSR count). The highest BCUT2D eigenvalue weighted by molar-refractivity contribution is 7.89. The standard InChI is InChI=1S/C29H29N5O6S/c1-28(2,3)34-41(37,38)25-11-6-5-10-22(25)23-13-12-21(18-31-23)32-27(36)29(16-26(35)39-4)15-24(33-40-29)20-9-7-8-19(14-20)17-30/h5-14,18,34H,15-16H2,1-4H3,(H,32,36). The molecule has 11 nitrogen and oxygen atoms in total. The molecule has 1 aliphatic rings. The van der Waals surface area contributed by atoms with Crippen molar-refractivity contribution in [2.45, 2.75) is 49.6 Å². The third-order valence-electron chi connectivity index (χ3n) is 6.09. The van der Waals surface area contributed by atoms with Crippen molar-refractivity contribution < 1.29 is 27.6 Å². The first kappa shape index (κ1) is 29.4. The Morgan fingerprint density at radius 2 is 1.88 bits per heavy atom. The maximum Gasteiger partial charge on any atom is 0.310 e. The van der Waals surface area contributed by atoms with Crippen molar-refractivity contribution in [3.8, 4) is 17.3 Å². The van der Waals surface area contributed by atoms with Gasteiger partial charge in [0.15, 0.2) is 0 Å². The minimum atomic E-state index is -3.84. The van der Waals surface area contributed by atoms with Gasteiger partial charge in [0.2, 0.25) is 15.6 Å². The van der Waals surface area contributed by atoms with Gasteiger partial charge in [0.25, 0.3) is 5.91 Å². The van der Waals surface area contributed by atoms with Crippen LogP contribution in [0, 0.1) is 11.3 Å². The number of sulfonamides is 1. The Hall–Kier alpha value is -4.60. The number of oxime groups is 1. The van der Waals surface area contributed by atoms with Gasteiger partial charge in [0.1, 0.15) is 0 Å². The van der Waals surface area contributed by atoms with Crippen molar-refractivity contribution >= 4 is 33.3 Å². The number of pyridine rings is 1. The highest BCUT2D eigenvalue weighted by Crippen LogP contribution is 2.33. The lowest BCUT2D eigenvalue weighted by atomic mass is 9.89. The van der Waals surface area contributed by atoms with Crippen molar-refractivity contribution in [1.29, 1.82) is 5.26 Å². The number of esters is 1. The van der Waals surface area contributed by atoms with E-state index in [9.17, 15) is 23.3 Å². The van der Waals surface area contributed by atoms with E-state index in [0.29, 0.717) is 33.8 Å². The SMILES string of the molecule is COC(=O)CC1(C(=O)Nc2ccc(-c3ccccc3S(=O)(=O)NC(C)(C)C)nc2)CC(c2cccc(C#N)c2)=NO1. The zero-order valence-electron chi connectivity index (χ0n) is 23.0. The molecule has 0 bridgehead atoms. The number of methoxy groups -OCH3 is 1. The van der Waals surface area contributed by atoms with Gasteiger partial charge < -0.3 is 14.9 Å². The smallest absolute Gasteiger partial charge is 0.310 e. The zero-order chi connectivity index (χ0) is 29.8. The van der Waals surface area contributed by atoms with E-state index in [1.807, 2.05) is 0 Å². The van der Waals surface area contributed by atoms with Gasteiger partial charge in [-0.15, -0.1) is 0 Å². The Balaban J connectivity index is 1.57. The lowest BCUT2D eigenvalue weighted by molar-refractivity contribution is -0.155. The predicted molar refractivity (Wildman–Crippen MR) is 151 cm³/mol. The number of nitriles is 1. The van der Waals surface area contributed by atoms with Crippen molar-refractivity contribution in [3.05, 3.63) is 78.0 Å². The van der Waals surface area contributed by atoms with E-state index in [1.54, 1.807) is 75.4 Å². The number of nitrogens with zero attached hydrogens (tertiary/aromatic N) is 3. The molecule has 2 heterocycles. The molecule has 1 amide bonds. The number of amides is 1. The van der Waals surface area contributed by atoms with Crippen LogP contribution in [0.3, 0.4) is 0 Å². The summed E-state index contributed by atoms with van der Waals surface area (Å²) in [5, 5.41) is 16.0. The van der Waals surface area contributed by atoms with E-state index >= 15 is 0 Å². The first-order chi connectivity index (χ1) is 19.4. The lowest BCUT2D eigenvalue weighted by Crippen LogP contribution is -2.45. The number of ether oxygens (including phenoxy) is 1. The highest BCUT2D eigenvalue weighted by atomic mass is 32.2. The van der Waals surface area contributed by atoms with Crippen LogP contribution >= 0.6 is 0 Å². The summed E-state index contributed by atoms with van der Waals surface area (Å²) in [4.78, 5) is 35.7. The number of rotatable bonds is 8. The molecule has 1 unspecified atom stereocenters. The molecule has 1 aliphatic heterocycles. The highest BCUT2D eigenvalue weighted by Gasteiger charge is 2.49. The molecule has 0 radical (unpaired) electrons. The second-order valence-electron chi connectivity index (χ2n) is 10.5. The number of benzene rings is 2. The molecule has 12 heteroatoms. The molecule has 1 atom stereocenters. The van der Waals surface area contributed by atoms with Crippen LogP contribution in [-0.4, -0.2) is 49.2 Å². The van der Waals surface area contributed by atoms with Gasteiger partial charge in [0.05, 0.1) is 53.3 Å². The Labute approximate surface area is 238 Å². The number of hydrogen-bond acceptors (Lipinski definition) is 9. The van der Waals surface area contributed by atoms with Crippen LogP contribution in [0.15, 0.2) is 76.9 Å². The lowest BCUT2D eigenvalue weighted by Gasteiger charge is -2.24.